The lowest BCUT2D eigenvalue weighted by atomic mass is 10.1. The molecule has 1 amide bonds. The summed E-state index contributed by atoms with van der Waals surface area (Å²) in [6.07, 6.45) is 6.82. The highest BCUT2D eigenvalue weighted by atomic mass is 16.1. The number of carbonyl (C=O) groups is 1. The monoisotopic (exact) mass is 404 g/mol. The second-order valence-electron chi connectivity index (χ2n) is 7.01. The van der Waals surface area contributed by atoms with Crippen LogP contribution in [0.4, 0.5) is 0 Å². The van der Waals surface area contributed by atoms with Crippen molar-refractivity contribution in [2.45, 2.75) is 33.2 Å². The number of fused-ring (bicyclic) bond motifs is 1. The molecule has 0 atom stereocenters. The van der Waals surface area contributed by atoms with Crippen LogP contribution in [0.2, 0.25) is 0 Å². The summed E-state index contributed by atoms with van der Waals surface area (Å²) in [5.74, 6) is 0.761. The van der Waals surface area contributed by atoms with Gasteiger partial charge in [0.05, 0.1) is 17.4 Å². The normalized spacial score (nSPS) is 12.6. The quantitative estimate of drug-likeness (QED) is 0.445. The zero-order chi connectivity index (χ0) is 21.3. The lowest BCUT2D eigenvalue weighted by molar-refractivity contribution is -0.121. The molecule has 1 aromatic carbocycles. The van der Waals surface area contributed by atoms with E-state index in [2.05, 4.69) is 39.4 Å². The highest BCUT2D eigenvalue weighted by molar-refractivity contribution is 5.91. The number of amidine groups is 1. The minimum Gasteiger partial charge on any atom is -0.354 e. The summed E-state index contributed by atoms with van der Waals surface area (Å²) in [4.78, 5) is 25.3. The van der Waals surface area contributed by atoms with Crippen molar-refractivity contribution in [1.29, 1.82) is 0 Å². The van der Waals surface area contributed by atoms with Crippen molar-refractivity contribution in [2.75, 3.05) is 13.6 Å². The molecule has 7 nitrogen and oxygen atoms in total. The Bertz CT molecular complexity index is 1050. The fourth-order valence-electron chi connectivity index (χ4n) is 3.15. The molecule has 0 saturated carbocycles. The molecule has 30 heavy (non-hydrogen) atoms. The summed E-state index contributed by atoms with van der Waals surface area (Å²) < 4.78 is 1.85. The molecule has 0 unspecified atom stereocenters. The summed E-state index contributed by atoms with van der Waals surface area (Å²) in [6, 6.07) is 11.7. The number of hydrogen-bond acceptors (Lipinski definition) is 4. The number of benzene rings is 1. The third kappa shape index (κ3) is 5.31. The first-order valence-corrected chi connectivity index (χ1v) is 10.1. The SMILES string of the molecule is CCC(C)=C(NC(CCNC(=O)Cn1cnc2ccccc21)=NC)c1cccnc1. The average molecular weight is 405 g/mol. The number of nitrogens with one attached hydrogen (secondary N) is 2. The molecular formula is C23H28N6O. The highest BCUT2D eigenvalue weighted by Crippen LogP contribution is 2.17. The van der Waals surface area contributed by atoms with Crippen molar-refractivity contribution in [3.05, 3.63) is 66.3 Å². The molecule has 2 aromatic heterocycles. The average Bonchev–Trinajstić information content (AvgIpc) is 3.19. The van der Waals surface area contributed by atoms with Gasteiger partial charge in [-0.25, -0.2) is 4.98 Å². The number of aliphatic imine (C=N–C) groups is 1. The largest absolute Gasteiger partial charge is 0.354 e. The number of amides is 1. The molecule has 0 bridgehead atoms. The molecule has 0 aliphatic heterocycles. The minimum atomic E-state index is -0.0543. The van der Waals surface area contributed by atoms with Gasteiger partial charge in [0.1, 0.15) is 12.4 Å². The number of rotatable bonds is 8. The Morgan fingerprint density at radius 1 is 1.20 bits per heavy atom. The van der Waals surface area contributed by atoms with Crippen LogP contribution < -0.4 is 10.6 Å². The number of aromatic nitrogens is 3. The fraction of sp³-hybridized carbons (Fsp3) is 0.304. The van der Waals surface area contributed by atoms with Gasteiger partial charge in [-0.1, -0.05) is 19.1 Å². The molecule has 2 heterocycles. The molecule has 7 heteroatoms. The number of imidazole rings is 1. The Hall–Kier alpha value is -3.48. The molecule has 0 aliphatic carbocycles. The van der Waals surface area contributed by atoms with Gasteiger partial charge in [0.2, 0.25) is 5.91 Å². The van der Waals surface area contributed by atoms with Gasteiger partial charge in [-0.2, -0.15) is 0 Å². The van der Waals surface area contributed by atoms with Crippen LogP contribution in [-0.4, -0.2) is 39.9 Å². The van der Waals surface area contributed by atoms with Gasteiger partial charge in [-0.3, -0.25) is 14.8 Å². The lowest BCUT2D eigenvalue weighted by Crippen LogP contribution is -2.32. The highest BCUT2D eigenvalue weighted by Gasteiger charge is 2.10. The predicted octanol–water partition coefficient (Wildman–Crippen LogP) is 3.40. The topological polar surface area (TPSA) is 84.2 Å². The van der Waals surface area contributed by atoms with Crippen LogP contribution in [0.25, 0.3) is 16.7 Å². The molecule has 0 fully saturated rings. The molecule has 3 rings (SSSR count). The van der Waals surface area contributed by atoms with E-state index in [0.29, 0.717) is 13.0 Å². The van der Waals surface area contributed by atoms with Crippen molar-refractivity contribution in [1.82, 2.24) is 25.2 Å². The smallest absolute Gasteiger partial charge is 0.240 e. The maximum Gasteiger partial charge on any atom is 0.240 e. The van der Waals surface area contributed by atoms with Crippen LogP contribution in [0.15, 0.2) is 65.7 Å². The molecule has 2 N–H and O–H groups in total. The van der Waals surface area contributed by atoms with Crippen LogP contribution >= 0.6 is 0 Å². The molecule has 0 saturated heterocycles. The van der Waals surface area contributed by atoms with Crippen LogP contribution in [0, 0.1) is 0 Å². The molecule has 0 radical (unpaired) electrons. The Morgan fingerprint density at radius 3 is 2.77 bits per heavy atom. The summed E-state index contributed by atoms with van der Waals surface area (Å²) in [6.45, 7) is 4.95. The van der Waals surface area contributed by atoms with Crippen molar-refractivity contribution in [3.8, 4) is 0 Å². The summed E-state index contributed by atoms with van der Waals surface area (Å²) in [5, 5.41) is 6.41. The van der Waals surface area contributed by atoms with Crippen molar-refractivity contribution in [3.63, 3.8) is 0 Å². The van der Waals surface area contributed by atoms with Gasteiger partial charge in [0.15, 0.2) is 0 Å². The minimum absolute atomic E-state index is 0.0543. The van der Waals surface area contributed by atoms with E-state index in [9.17, 15) is 4.79 Å². The van der Waals surface area contributed by atoms with Crippen LogP contribution in [0.5, 0.6) is 0 Å². The van der Waals surface area contributed by atoms with Gasteiger partial charge >= 0.3 is 0 Å². The van der Waals surface area contributed by atoms with Crippen LogP contribution in [0.1, 0.15) is 32.3 Å². The first-order chi connectivity index (χ1) is 14.6. The number of nitrogens with zero attached hydrogens (tertiary/aromatic N) is 4. The Kier molecular flexibility index (Phi) is 7.32. The Balaban J connectivity index is 1.56. The third-order valence-electron chi connectivity index (χ3n) is 4.97. The van der Waals surface area contributed by atoms with E-state index in [0.717, 1.165) is 34.6 Å². The molecule has 3 aromatic rings. The summed E-state index contributed by atoms with van der Waals surface area (Å²) in [5.41, 5.74) is 5.10. The van der Waals surface area contributed by atoms with E-state index in [4.69, 9.17) is 0 Å². The van der Waals surface area contributed by atoms with Gasteiger partial charge in [0, 0.05) is 43.7 Å². The van der Waals surface area contributed by atoms with E-state index < -0.39 is 0 Å². The van der Waals surface area contributed by atoms with E-state index in [1.165, 1.54) is 5.57 Å². The maximum atomic E-state index is 12.4. The first kappa shape index (κ1) is 21.2. The second kappa shape index (κ2) is 10.3. The third-order valence-corrected chi connectivity index (χ3v) is 4.97. The molecule has 0 aliphatic rings. The second-order valence-corrected chi connectivity index (χ2v) is 7.01. The Labute approximate surface area is 177 Å². The number of carbonyl (C=O) groups excluding carboxylic acids is 1. The standard InChI is InChI=1S/C23H28N6O/c1-4-17(2)23(18-8-7-12-25-14-18)28-21(24-3)11-13-26-22(30)15-29-16-27-19-9-5-6-10-20(19)29/h5-10,12,14,16H,4,11,13,15H2,1-3H3,(H,24,28)(H,26,30). The van der Waals surface area contributed by atoms with Crippen molar-refractivity contribution in [2.24, 2.45) is 4.99 Å². The number of pyridine rings is 1. The van der Waals surface area contributed by atoms with E-state index >= 15 is 0 Å². The summed E-state index contributed by atoms with van der Waals surface area (Å²) in [7, 11) is 1.75. The number of para-hydroxylation sites is 2. The molecule has 156 valence electrons. The van der Waals surface area contributed by atoms with Crippen molar-refractivity contribution >= 4 is 28.5 Å². The number of allylic oxidation sites excluding steroid dienone is 1. The zero-order valence-corrected chi connectivity index (χ0v) is 17.7. The van der Waals surface area contributed by atoms with Gasteiger partial charge in [-0.15, -0.1) is 0 Å². The van der Waals surface area contributed by atoms with E-state index in [-0.39, 0.29) is 12.5 Å². The molecular weight excluding hydrogens is 376 g/mol. The van der Waals surface area contributed by atoms with E-state index in [1.54, 1.807) is 19.6 Å². The van der Waals surface area contributed by atoms with Gasteiger partial charge in [0.25, 0.3) is 0 Å². The maximum absolute atomic E-state index is 12.4. The van der Waals surface area contributed by atoms with Crippen LogP contribution in [0.3, 0.4) is 0 Å². The zero-order valence-electron chi connectivity index (χ0n) is 17.7. The van der Waals surface area contributed by atoms with Crippen LogP contribution in [-0.2, 0) is 11.3 Å². The lowest BCUT2D eigenvalue weighted by Gasteiger charge is -2.16. The Morgan fingerprint density at radius 2 is 2.03 bits per heavy atom. The predicted molar refractivity (Wildman–Crippen MR) is 121 cm³/mol. The summed E-state index contributed by atoms with van der Waals surface area (Å²) >= 11 is 0. The number of hydrogen-bond donors (Lipinski definition) is 2. The van der Waals surface area contributed by atoms with Crippen molar-refractivity contribution < 1.29 is 4.79 Å². The van der Waals surface area contributed by atoms with Gasteiger partial charge in [-0.05, 0) is 43.2 Å². The van der Waals surface area contributed by atoms with E-state index in [1.807, 2.05) is 47.2 Å². The first-order valence-electron chi connectivity index (χ1n) is 10.1. The fourth-order valence-corrected chi connectivity index (χ4v) is 3.15. The van der Waals surface area contributed by atoms with Gasteiger partial charge < -0.3 is 15.2 Å². The molecule has 0 spiro atoms.